The van der Waals surface area contributed by atoms with Crippen molar-refractivity contribution in [2.75, 3.05) is 6.79 Å². The summed E-state index contributed by atoms with van der Waals surface area (Å²) in [4.78, 5) is 18.6. The third-order valence-electron chi connectivity index (χ3n) is 5.66. The van der Waals surface area contributed by atoms with Gasteiger partial charge in [-0.05, 0) is 48.7 Å². The molecule has 0 fully saturated rings. The number of halogens is 3. The summed E-state index contributed by atoms with van der Waals surface area (Å²) in [5, 5.41) is 2.84. The van der Waals surface area contributed by atoms with Gasteiger partial charge in [-0.2, -0.15) is 13.2 Å². The minimum Gasteiger partial charge on any atom is -0.454 e. The average Bonchev–Trinajstić information content (AvgIpc) is 3.48. The van der Waals surface area contributed by atoms with Crippen LogP contribution in [-0.2, 0) is 25.8 Å². The average molecular weight is 489 g/mol. The van der Waals surface area contributed by atoms with Gasteiger partial charge in [0.25, 0.3) is 5.91 Å². The summed E-state index contributed by atoms with van der Waals surface area (Å²) in [6, 6.07) is 10.6. The molecule has 1 aliphatic heterocycles. The predicted molar refractivity (Wildman–Crippen MR) is 121 cm³/mol. The molecule has 2 aromatic carbocycles. The quantitative estimate of drug-likeness (QED) is 0.448. The number of alkyl halides is 3. The van der Waals surface area contributed by atoms with E-state index in [4.69, 9.17) is 13.9 Å². The van der Waals surface area contributed by atoms with Crippen LogP contribution in [0.5, 0.6) is 11.5 Å². The normalized spacial score (nSPS) is 13.8. The second-order valence-corrected chi connectivity index (χ2v) is 8.44. The number of carbonyl (C=O) groups excluding carboxylic acids is 1. The number of nitrogens with zero attached hydrogens (tertiary/aromatic N) is 2. The molecule has 10 heteroatoms. The number of oxazole rings is 1. The minimum absolute atomic E-state index is 0.00447. The standard InChI is InChI=1S/C25H26F3N3O4/c1-3-16(2)29-24(32)20-14-33-23(30-20)13-31(11-17-4-7-19(8-5-17)25(26,27)28)12-18-6-9-21-22(10-18)35-15-34-21/h4-10,14,16H,3,11-13,15H2,1-2H3,(H,29,32)/t16-/m1/s1. The highest BCUT2D eigenvalue weighted by Crippen LogP contribution is 2.33. The molecule has 0 saturated carbocycles. The first-order valence-corrected chi connectivity index (χ1v) is 11.2. The van der Waals surface area contributed by atoms with Gasteiger partial charge in [0.05, 0.1) is 12.1 Å². The highest BCUT2D eigenvalue weighted by Gasteiger charge is 2.30. The largest absolute Gasteiger partial charge is 0.454 e. The first-order valence-electron chi connectivity index (χ1n) is 11.2. The van der Waals surface area contributed by atoms with Crippen molar-refractivity contribution in [3.63, 3.8) is 0 Å². The third kappa shape index (κ3) is 6.33. The predicted octanol–water partition coefficient (Wildman–Crippen LogP) is 5.15. The first kappa shape index (κ1) is 24.6. The maximum absolute atomic E-state index is 12.9. The number of hydrogen-bond donors (Lipinski definition) is 1. The van der Waals surface area contributed by atoms with Crippen LogP contribution in [0, 0.1) is 0 Å². The lowest BCUT2D eigenvalue weighted by molar-refractivity contribution is -0.137. The maximum Gasteiger partial charge on any atom is 0.416 e. The summed E-state index contributed by atoms with van der Waals surface area (Å²) in [5.74, 6) is 1.30. The van der Waals surface area contributed by atoms with Gasteiger partial charge >= 0.3 is 6.18 Å². The Bertz CT molecular complexity index is 1160. The number of carbonyl (C=O) groups is 1. The lowest BCUT2D eigenvalue weighted by Crippen LogP contribution is -2.32. The van der Waals surface area contributed by atoms with E-state index in [1.54, 1.807) is 0 Å². The van der Waals surface area contributed by atoms with Gasteiger partial charge in [0.2, 0.25) is 12.7 Å². The fraction of sp³-hybridized carbons (Fsp3) is 0.360. The second-order valence-electron chi connectivity index (χ2n) is 8.44. The van der Waals surface area contributed by atoms with Crippen molar-refractivity contribution in [1.82, 2.24) is 15.2 Å². The van der Waals surface area contributed by atoms with Gasteiger partial charge in [0.1, 0.15) is 6.26 Å². The number of rotatable bonds is 9. The van der Waals surface area contributed by atoms with Crippen LogP contribution in [0.1, 0.15) is 53.3 Å². The van der Waals surface area contributed by atoms with E-state index in [-0.39, 0.29) is 31.0 Å². The van der Waals surface area contributed by atoms with Crippen molar-refractivity contribution in [1.29, 1.82) is 0 Å². The van der Waals surface area contributed by atoms with Crippen LogP contribution >= 0.6 is 0 Å². The SMILES string of the molecule is CC[C@@H](C)NC(=O)c1coc(CN(Cc2ccc(C(F)(F)F)cc2)Cc2ccc3c(c2)OCO3)n1. The molecule has 0 radical (unpaired) electrons. The van der Waals surface area contributed by atoms with Crippen molar-refractivity contribution in [3.05, 3.63) is 77.0 Å². The van der Waals surface area contributed by atoms with Crippen molar-refractivity contribution in [2.24, 2.45) is 0 Å². The summed E-state index contributed by atoms with van der Waals surface area (Å²) in [7, 11) is 0. The number of hydrogen-bond acceptors (Lipinski definition) is 6. The van der Waals surface area contributed by atoms with Gasteiger partial charge in [-0.1, -0.05) is 25.1 Å². The number of aromatic nitrogens is 1. The number of ether oxygens (including phenoxy) is 2. The lowest BCUT2D eigenvalue weighted by Gasteiger charge is -2.21. The van der Waals surface area contributed by atoms with E-state index in [9.17, 15) is 18.0 Å². The Morgan fingerprint density at radius 3 is 2.46 bits per heavy atom. The van der Waals surface area contributed by atoms with Gasteiger partial charge in [0.15, 0.2) is 17.2 Å². The molecular weight excluding hydrogens is 463 g/mol. The zero-order chi connectivity index (χ0) is 25.0. The molecule has 1 aromatic heterocycles. The Morgan fingerprint density at radius 1 is 1.06 bits per heavy atom. The van der Waals surface area contributed by atoms with E-state index in [0.717, 1.165) is 24.1 Å². The number of benzene rings is 2. The lowest BCUT2D eigenvalue weighted by atomic mass is 10.1. The highest BCUT2D eigenvalue weighted by atomic mass is 19.4. The molecule has 1 aliphatic rings. The van der Waals surface area contributed by atoms with Crippen molar-refractivity contribution in [2.45, 2.75) is 52.1 Å². The Balaban J connectivity index is 1.51. The molecule has 1 atom stereocenters. The molecule has 1 N–H and O–H groups in total. The van der Waals surface area contributed by atoms with Gasteiger partial charge in [-0.15, -0.1) is 0 Å². The molecular formula is C25H26F3N3O4. The Morgan fingerprint density at radius 2 is 1.74 bits per heavy atom. The van der Waals surface area contributed by atoms with Crippen LogP contribution in [0.4, 0.5) is 13.2 Å². The number of amides is 1. The van der Waals surface area contributed by atoms with Gasteiger partial charge < -0.3 is 19.2 Å². The fourth-order valence-corrected chi connectivity index (χ4v) is 3.60. The molecule has 0 unspecified atom stereocenters. The fourth-order valence-electron chi connectivity index (χ4n) is 3.60. The zero-order valence-corrected chi connectivity index (χ0v) is 19.4. The van der Waals surface area contributed by atoms with Crippen molar-refractivity contribution < 1.29 is 31.9 Å². The molecule has 0 spiro atoms. The number of nitrogens with one attached hydrogen (secondary N) is 1. The van der Waals surface area contributed by atoms with Crippen LogP contribution in [0.3, 0.4) is 0 Å². The molecule has 186 valence electrons. The molecule has 2 heterocycles. The molecule has 0 saturated heterocycles. The molecule has 0 aliphatic carbocycles. The third-order valence-corrected chi connectivity index (χ3v) is 5.66. The topological polar surface area (TPSA) is 76.8 Å². The van der Waals surface area contributed by atoms with Gasteiger partial charge in [0, 0.05) is 19.1 Å². The summed E-state index contributed by atoms with van der Waals surface area (Å²) < 4.78 is 55.2. The van der Waals surface area contributed by atoms with Crippen LogP contribution in [0.15, 0.2) is 53.1 Å². The van der Waals surface area contributed by atoms with Crippen LogP contribution in [0.25, 0.3) is 0 Å². The zero-order valence-electron chi connectivity index (χ0n) is 19.4. The van der Waals surface area contributed by atoms with E-state index in [1.807, 2.05) is 36.9 Å². The maximum atomic E-state index is 12.9. The number of fused-ring (bicyclic) bond motifs is 1. The van der Waals surface area contributed by atoms with Gasteiger partial charge in [-0.3, -0.25) is 9.69 Å². The van der Waals surface area contributed by atoms with Crippen molar-refractivity contribution >= 4 is 5.91 Å². The van der Waals surface area contributed by atoms with Crippen LogP contribution < -0.4 is 14.8 Å². The highest BCUT2D eigenvalue weighted by molar-refractivity contribution is 5.92. The molecule has 4 rings (SSSR count). The Hall–Kier alpha value is -3.53. The molecule has 7 nitrogen and oxygen atoms in total. The van der Waals surface area contributed by atoms with Crippen molar-refractivity contribution in [3.8, 4) is 11.5 Å². The summed E-state index contributed by atoms with van der Waals surface area (Å²) in [6.07, 6.45) is -2.30. The van der Waals surface area contributed by atoms with Crippen LogP contribution in [-0.4, -0.2) is 28.6 Å². The Kier molecular flexibility index (Phi) is 7.30. The van der Waals surface area contributed by atoms with E-state index >= 15 is 0 Å². The minimum atomic E-state index is -4.39. The van der Waals surface area contributed by atoms with Gasteiger partial charge in [-0.25, -0.2) is 4.98 Å². The molecule has 35 heavy (non-hydrogen) atoms. The monoisotopic (exact) mass is 489 g/mol. The van der Waals surface area contributed by atoms with E-state index < -0.39 is 11.7 Å². The molecule has 1 amide bonds. The second kappa shape index (κ2) is 10.4. The summed E-state index contributed by atoms with van der Waals surface area (Å²) >= 11 is 0. The van der Waals surface area contributed by atoms with E-state index in [0.29, 0.717) is 36.0 Å². The van der Waals surface area contributed by atoms with Crippen LogP contribution in [0.2, 0.25) is 0 Å². The summed E-state index contributed by atoms with van der Waals surface area (Å²) in [6.45, 7) is 5.04. The van der Waals surface area contributed by atoms with E-state index in [2.05, 4.69) is 10.3 Å². The Labute approximate surface area is 200 Å². The smallest absolute Gasteiger partial charge is 0.416 e. The molecule has 0 bridgehead atoms. The molecule has 3 aromatic rings. The van der Waals surface area contributed by atoms with E-state index in [1.165, 1.54) is 18.4 Å². The summed E-state index contributed by atoms with van der Waals surface area (Å²) in [5.41, 5.74) is 1.09. The first-order chi connectivity index (χ1) is 16.7.